The molecule has 11 nitrogen and oxygen atoms in total. The molecule has 0 unspecified atom stereocenters. The van der Waals surface area contributed by atoms with Crippen molar-refractivity contribution in [3.63, 3.8) is 0 Å². The van der Waals surface area contributed by atoms with Gasteiger partial charge in [-0.25, -0.2) is 9.69 Å². The van der Waals surface area contributed by atoms with Crippen molar-refractivity contribution >= 4 is 22.7 Å². The highest BCUT2D eigenvalue weighted by molar-refractivity contribution is 6.03. The first-order valence-corrected chi connectivity index (χ1v) is 10.2. The fraction of sp³-hybridized carbons (Fsp3) is 0.182. The summed E-state index contributed by atoms with van der Waals surface area (Å²) in [6, 6.07) is 16.7. The summed E-state index contributed by atoms with van der Waals surface area (Å²) < 4.78 is 6.36. The number of fused-ring (bicyclic) bond motifs is 1. The molecule has 5 rings (SSSR count). The monoisotopic (exact) mass is 445 g/mol. The second kappa shape index (κ2) is 8.19. The van der Waals surface area contributed by atoms with Gasteiger partial charge in [-0.2, -0.15) is 5.10 Å². The molecule has 0 fully saturated rings. The lowest BCUT2D eigenvalue weighted by Crippen LogP contribution is -2.31. The molecule has 1 atom stereocenters. The van der Waals surface area contributed by atoms with Crippen LogP contribution in [0.15, 0.2) is 69.3 Å². The van der Waals surface area contributed by atoms with E-state index < -0.39 is 17.0 Å². The van der Waals surface area contributed by atoms with Gasteiger partial charge in [0.15, 0.2) is 11.0 Å². The average Bonchev–Trinajstić information content (AvgIpc) is 3.48. The zero-order valence-electron chi connectivity index (χ0n) is 17.6. The Morgan fingerprint density at radius 3 is 2.52 bits per heavy atom. The van der Waals surface area contributed by atoms with Crippen molar-refractivity contribution in [2.24, 2.45) is 5.10 Å². The quantitative estimate of drug-likeness (QED) is 0.473. The van der Waals surface area contributed by atoms with E-state index in [1.165, 1.54) is 5.01 Å². The molecule has 0 spiro atoms. The van der Waals surface area contributed by atoms with Crippen LogP contribution in [0, 0.1) is 0 Å². The number of nitrogens with one attached hydrogen (secondary N) is 2. The third-order valence-electron chi connectivity index (χ3n) is 5.51. The van der Waals surface area contributed by atoms with Crippen LogP contribution in [0.5, 0.6) is 5.75 Å². The molecule has 3 heterocycles. The zero-order valence-corrected chi connectivity index (χ0v) is 17.6. The normalized spacial score (nSPS) is 15.6. The predicted octanol–water partition coefficient (Wildman–Crippen LogP) is 1.19. The number of H-pyrrole nitrogens is 2. The molecule has 166 valence electrons. The average molecular weight is 445 g/mol. The van der Waals surface area contributed by atoms with Crippen LogP contribution in [-0.2, 0) is 11.3 Å². The first-order chi connectivity index (χ1) is 16.0. The molecule has 4 aromatic rings. The van der Waals surface area contributed by atoms with Gasteiger partial charge in [0, 0.05) is 6.42 Å². The Kier molecular flexibility index (Phi) is 5.05. The molecule has 0 saturated heterocycles. The first kappa shape index (κ1) is 20.4. The van der Waals surface area contributed by atoms with E-state index in [-0.39, 0.29) is 23.6 Å². The molecular weight excluding hydrogens is 426 g/mol. The van der Waals surface area contributed by atoms with E-state index in [4.69, 9.17) is 4.74 Å². The Hall–Kier alpha value is -4.54. The first-order valence-electron chi connectivity index (χ1n) is 10.2. The molecule has 2 aromatic heterocycles. The van der Waals surface area contributed by atoms with Crippen LogP contribution in [0.25, 0.3) is 11.0 Å². The third-order valence-corrected chi connectivity index (χ3v) is 5.51. The number of methoxy groups -OCH3 is 1. The number of nitrogens with zero attached hydrogens (tertiary/aromatic N) is 5. The lowest BCUT2D eigenvalue weighted by molar-refractivity contribution is -0.133. The molecule has 2 aromatic carbocycles. The summed E-state index contributed by atoms with van der Waals surface area (Å²) in [4.78, 5) is 37.5. The second-order valence-electron chi connectivity index (χ2n) is 7.50. The highest BCUT2D eigenvalue weighted by atomic mass is 16.5. The number of hydrogen-bond donors (Lipinski definition) is 2. The smallest absolute Gasteiger partial charge is 0.292 e. The van der Waals surface area contributed by atoms with Gasteiger partial charge in [-0.15, -0.1) is 5.10 Å². The minimum absolute atomic E-state index is 0.0699. The van der Waals surface area contributed by atoms with Gasteiger partial charge in [0.1, 0.15) is 12.3 Å². The highest BCUT2D eigenvalue weighted by Crippen LogP contribution is 2.33. The molecule has 33 heavy (non-hydrogen) atoms. The number of aromatic nitrogens is 5. The predicted molar refractivity (Wildman–Crippen MR) is 119 cm³/mol. The maximum atomic E-state index is 13.3. The molecule has 0 aliphatic carbocycles. The van der Waals surface area contributed by atoms with Crippen molar-refractivity contribution in [2.45, 2.75) is 19.0 Å². The van der Waals surface area contributed by atoms with Crippen molar-refractivity contribution < 1.29 is 9.53 Å². The number of aromatic amines is 2. The van der Waals surface area contributed by atoms with Crippen LogP contribution < -0.4 is 15.9 Å². The number of ether oxygens (including phenoxy) is 1. The molecule has 11 heteroatoms. The molecule has 1 aliphatic rings. The van der Waals surface area contributed by atoms with E-state index >= 15 is 0 Å². The number of amides is 1. The van der Waals surface area contributed by atoms with Gasteiger partial charge in [-0.05, 0) is 23.3 Å². The summed E-state index contributed by atoms with van der Waals surface area (Å²) in [7, 11) is 1.59. The van der Waals surface area contributed by atoms with E-state index in [2.05, 4.69) is 25.6 Å². The van der Waals surface area contributed by atoms with Crippen LogP contribution in [-0.4, -0.2) is 48.9 Å². The number of hydrazone groups is 1. The minimum Gasteiger partial charge on any atom is -0.497 e. The number of hydrogen-bond acceptors (Lipinski definition) is 7. The van der Waals surface area contributed by atoms with Crippen LogP contribution >= 0.6 is 0 Å². The molecule has 1 aliphatic heterocycles. The lowest BCUT2D eigenvalue weighted by Gasteiger charge is -2.22. The van der Waals surface area contributed by atoms with Crippen molar-refractivity contribution in [1.82, 2.24) is 30.2 Å². The summed E-state index contributed by atoms with van der Waals surface area (Å²) in [6.45, 7) is -0.304. The molecule has 0 radical (unpaired) electrons. The van der Waals surface area contributed by atoms with Crippen molar-refractivity contribution in [3.8, 4) is 5.75 Å². The van der Waals surface area contributed by atoms with Gasteiger partial charge in [0.2, 0.25) is 0 Å². The largest absolute Gasteiger partial charge is 0.497 e. The standard InChI is InChI=1S/C22H19N7O4/c1-33-15-9-7-14(8-10-15)17-11-16(13-5-3-2-4-6-13)26-29(17)18(30)12-28-20-19(23-27-28)21(31)24-25-22(20)32/h2-10,17H,11-12H2,1H3,(H,24,31)(H,25,32)/t17-/m0/s1. The summed E-state index contributed by atoms with van der Waals surface area (Å²) in [6.07, 6.45) is 0.514. The lowest BCUT2D eigenvalue weighted by atomic mass is 9.98. The number of carbonyl (C=O) groups is 1. The Morgan fingerprint density at radius 1 is 1.06 bits per heavy atom. The van der Waals surface area contributed by atoms with Crippen LogP contribution in [0.2, 0.25) is 0 Å². The van der Waals surface area contributed by atoms with E-state index in [1.54, 1.807) is 7.11 Å². The maximum Gasteiger partial charge on any atom is 0.292 e. The summed E-state index contributed by atoms with van der Waals surface area (Å²) in [5, 5.41) is 18.0. The van der Waals surface area contributed by atoms with E-state index in [0.29, 0.717) is 12.2 Å². The zero-order chi connectivity index (χ0) is 22.9. The minimum atomic E-state index is -0.594. The Labute approximate surface area is 186 Å². The molecule has 0 bridgehead atoms. The van der Waals surface area contributed by atoms with E-state index in [9.17, 15) is 14.4 Å². The summed E-state index contributed by atoms with van der Waals surface area (Å²) in [5.74, 6) is 0.311. The number of rotatable bonds is 5. The van der Waals surface area contributed by atoms with E-state index in [0.717, 1.165) is 21.5 Å². The molecule has 1 amide bonds. The fourth-order valence-electron chi connectivity index (χ4n) is 3.86. The Morgan fingerprint density at radius 2 is 1.79 bits per heavy atom. The SMILES string of the molecule is COc1ccc([C@@H]2CC(c3ccccc3)=NN2C(=O)Cn2nnc3c(=O)[nH][nH]c(=O)c32)cc1. The summed E-state index contributed by atoms with van der Waals surface area (Å²) >= 11 is 0. The fourth-order valence-corrected chi connectivity index (χ4v) is 3.86. The second-order valence-corrected chi connectivity index (χ2v) is 7.50. The van der Waals surface area contributed by atoms with Gasteiger partial charge < -0.3 is 4.74 Å². The van der Waals surface area contributed by atoms with Gasteiger partial charge in [-0.1, -0.05) is 47.7 Å². The Balaban J connectivity index is 1.51. The molecule has 0 saturated carbocycles. The topological polar surface area (TPSA) is 138 Å². The van der Waals surface area contributed by atoms with Gasteiger partial charge in [-0.3, -0.25) is 24.6 Å². The maximum absolute atomic E-state index is 13.3. The van der Waals surface area contributed by atoms with Crippen LogP contribution in [0.3, 0.4) is 0 Å². The van der Waals surface area contributed by atoms with E-state index in [1.807, 2.05) is 54.6 Å². The summed E-state index contributed by atoms with van der Waals surface area (Å²) in [5.41, 5.74) is 1.18. The Bertz CT molecular complexity index is 1470. The van der Waals surface area contributed by atoms with Gasteiger partial charge in [0.05, 0.1) is 18.9 Å². The third kappa shape index (κ3) is 3.69. The van der Waals surface area contributed by atoms with Crippen molar-refractivity contribution in [3.05, 3.63) is 86.4 Å². The molecular formula is C22H19N7O4. The number of carbonyl (C=O) groups excluding carboxylic acids is 1. The van der Waals surface area contributed by atoms with Crippen LogP contribution in [0.1, 0.15) is 23.6 Å². The number of benzene rings is 2. The van der Waals surface area contributed by atoms with Gasteiger partial charge >= 0.3 is 0 Å². The van der Waals surface area contributed by atoms with Crippen molar-refractivity contribution in [1.29, 1.82) is 0 Å². The van der Waals surface area contributed by atoms with Crippen LogP contribution in [0.4, 0.5) is 0 Å². The van der Waals surface area contributed by atoms with Crippen molar-refractivity contribution in [2.75, 3.05) is 7.11 Å². The highest BCUT2D eigenvalue weighted by Gasteiger charge is 2.33. The van der Waals surface area contributed by atoms with Gasteiger partial charge in [0.25, 0.3) is 17.0 Å². The molecule has 2 N–H and O–H groups in total.